The van der Waals surface area contributed by atoms with E-state index in [2.05, 4.69) is 36.1 Å². The van der Waals surface area contributed by atoms with Gasteiger partial charge in [-0.1, -0.05) is 12.1 Å². The maximum Gasteiger partial charge on any atom is 0.251 e. The Balaban J connectivity index is 0.000000177. The molecule has 5 heterocycles. The van der Waals surface area contributed by atoms with Crippen molar-refractivity contribution in [2.75, 3.05) is 45.6 Å². The van der Waals surface area contributed by atoms with E-state index in [0.717, 1.165) is 81.3 Å². The fourth-order valence-corrected chi connectivity index (χ4v) is 9.62. The molecule has 0 unspecified atom stereocenters. The molecule has 23 heteroatoms. The zero-order chi connectivity index (χ0) is 55.0. The highest BCUT2D eigenvalue weighted by molar-refractivity contribution is 7.91. The third-order valence-corrected chi connectivity index (χ3v) is 14.5. The number of methoxy groups -OCH3 is 2. The Morgan fingerprint density at radius 1 is 0.628 bits per heavy atom. The molecule has 4 aromatic heterocycles. The van der Waals surface area contributed by atoms with Crippen molar-refractivity contribution in [2.24, 2.45) is 5.92 Å². The summed E-state index contributed by atoms with van der Waals surface area (Å²) in [5.41, 5.74) is 6.33. The third-order valence-electron chi connectivity index (χ3n) is 13.4. The quantitative estimate of drug-likeness (QED) is 0.0770. The first-order valence-electron chi connectivity index (χ1n) is 25.0. The Hall–Kier alpha value is -8.31. The number of hydrogen-bond acceptors (Lipinski definition) is 14. The van der Waals surface area contributed by atoms with Gasteiger partial charge in [-0.25, -0.2) is 27.4 Å². The molecule has 0 atom stereocenters. The largest absolute Gasteiger partial charge is 0.494 e. The van der Waals surface area contributed by atoms with Crippen molar-refractivity contribution in [2.45, 2.75) is 69.4 Å². The van der Waals surface area contributed by atoms with Crippen LogP contribution in [0.2, 0.25) is 0 Å². The second kappa shape index (κ2) is 22.0. The van der Waals surface area contributed by atoms with Gasteiger partial charge in [0.05, 0.1) is 43.7 Å². The summed E-state index contributed by atoms with van der Waals surface area (Å²) >= 11 is 0. The van der Waals surface area contributed by atoms with Crippen LogP contribution in [0.5, 0.6) is 34.8 Å². The maximum absolute atomic E-state index is 14.8. The van der Waals surface area contributed by atoms with Crippen molar-refractivity contribution >= 4 is 38.6 Å². The van der Waals surface area contributed by atoms with Crippen molar-refractivity contribution in [1.82, 2.24) is 39.8 Å². The van der Waals surface area contributed by atoms with Crippen LogP contribution in [0.3, 0.4) is 0 Å². The van der Waals surface area contributed by atoms with Gasteiger partial charge in [0, 0.05) is 72.5 Å². The number of hydrogen-bond donors (Lipinski definition) is 3. The number of nitrogens with zero attached hydrogens (tertiary/aromatic N) is 6. The maximum atomic E-state index is 14.8. The molecule has 8 aromatic rings. The molecular formula is C55H53F4N9O9S. The molecular weight excluding hydrogens is 1040 g/mol. The standard InChI is InChI=1S/C30H31F2N5O4.C25H22F2N4O5S/c1-17-13-19(3-6-21(17)30(38)35-20-4-5-20)23-16-34-29-22(33-15-18-9-11-40-12-10-18)14-26(36-37(23)29)41-25-8-7-24(39-2)27(31)28(25)32;1-13-10-14(4-7-16(13)25(32)29-15-5-6-15)17-12-28-24-20(37(3,33)34)11-21(30-31(17)24)36-19-9-8-18(35-2)22(26)23(19)27/h3,6-8,13-14,16,18,20,33H,4-5,9-12,15H2,1-2H3,(H,35,38);4,7-12,15H,5-6H2,1-3H3,(H,29,32). The monoisotopic (exact) mass is 1090 g/mol. The van der Waals surface area contributed by atoms with Crippen LogP contribution in [-0.2, 0) is 14.6 Å². The number of aromatic nitrogens is 6. The van der Waals surface area contributed by atoms with Gasteiger partial charge in [-0.3, -0.25) is 9.59 Å². The number of ether oxygens (including phenoxy) is 5. The number of carbonyl (C=O) groups is 2. The molecule has 3 N–H and O–H groups in total. The minimum absolute atomic E-state index is 0.0273. The molecule has 78 heavy (non-hydrogen) atoms. The van der Waals surface area contributed by atoms with E-state index in [1.165, 1.54) is 43.1 Å². The lowest BCUT2D eigenvalue weighted by atomic mass is 10.0. The van der Waals surface area contributed by atoms with E-state index in [0.29, 0.717) is 57.4 Å². The van der Waals surface area contributed by atoms with Gasteiger partial charge in [0.2, 0.25) is 35.0 Å². The molecule has 0 radical (unpaired) electrons. The fourth-order valence-electron chi connectivity index (χ4n) is 8.83. The average Bonchev–Trinajstić information content (AvgIpc) is 4.44. The van der Waals surface area contributed by atoms with Gasteiger partial charge in [0.1, 0.15) is 4.90 Å². The predicted molar refractivity (Wildman–Crippen MR) is 278 cm³/mol. The van der Waals surface area contributed by atoms with Crippen molar-refractivity contribution in [1.29, 1.82) is 0 Å². The summed E-state index contributed by atoms with van der Waals surface area (Å²) in [5, 5.41) is 18.3. The molecule has 406 valence electrons. The van der Waals surface area contributed by atoms with Crippen molar-refractivity contribution in [3.05, 3.63) is 131 Å². The summed E-state index contributed by atoms with van der Waals surface area (Å²) in [6, 6.07) is 18.8. The molecule has 11 rings (SSSR count). The molecule has 1 aliphatic heterocycles. The molecule has 3 aliphatic rings. The van der Waals surface area contributed by atoms with E-state index in [9.17, 15) is 35.6 Å². The predicted octanol–water partition coefficient (Wildman–Crippen LogP) is 9.59. The van der Waals surface area contributed by atoms with E-state index in [1.54, 1.807) is 48.0 Å². The zero-order valence-electron chi connectivity index (χ0n) is 43.0. The zero-order valence-corrected chi connectivity index (χ0v) is 43.8. The molecule has 0 bridgehead atoms. The highest BCUT2D eigenvalue weighted by Gasteiger charge is 2.28. The van der Waals surface area contributed by atoms with Gasteiger partial charge in [-0.2, -0.15) is 17.6 Å². The Kier molecular flexibility index (Phi) is 15.0. The first kappa shape index (κ1) is 53.1. The SMILES string of the molecule is COc1ccc(Oc2cc(NCC3CCOCC3)c3ncc(-c4ccc(C(=O)NC5CC5)c(C)c4)n3n2)c(F)c1F.COc1ccc(Oc2cc(S(C)(=O)=O)c3ncc(-c4ccc(C(=O)NC5CC5)c(C)c4)n3n2)c(F)c1F. The first-order chi connectivity index (χ1) is 37.5. The van der Waals surface area contributed by atoms with Crippen LogP contribution in [-0.4, -0.2) is 102 Å². The Morgan fingerprint density at radius 2 is 1.08 bits per heavy atom. The number of amides is 2. The van der Waals surface area contributed by atoms with E-state index in [1.807, 2.05) is 19.1 Å². The number of anilines is 1. The second-order valence-corrected chi connectivity index (χ2v) is 21.2. The Bertz CT molecular complexity index is 3750. The first-order valence-corrected chi connectivity index (χ1v) is 26.9. The van der Waals surface area contributed by atoms with Crippen molar-refractivity contribution in [3.8, 4) is 57.3 Å². The summed E-state index contributed by atoms with van der Waals surface area (Å²) < 4.78 is 112. The number of nitrogens with one attached hydrogen (secondary N) is 3. The number of fused-ring (bicyclic) bond motifs is 2. The van der Waals surface area contributed by atoms with E-state index in [-0.39, 0.29) is 63.4 Å². The van der Waals surface area contributed by atoms with Gasteiger partial charge in [0.15, 0.2) is 44.1 Å². The van der Waals surface area contributed by atoms with Gasteiger partial charge in [0.25, 0.3) is 11.8 Å². The van der Waals surface area contributed by atoms with Crippen LogP contribution in [0.4, 0.5) is 23.2 Å². The summed E-state index contributed by atoms with van der Waals surface area (Å²) in [7, 11) is -1.36. The van der Waals surface area contributed by atoms with Crippen LogP contribution < -0.4 is 34.9 Å². The number of rotatable bonds is 16. The van der Waals surface area contributed by atoms with Crippen LogP contribution in [0, 0.1) is 43.0 Å². The van der Waals surface area contributed by atoms with Gasteiger partial charge >= 0.3 is 0 Å². The molecule has 2 amide bonds. The lowest BCUT2D eigenvalue weighted by molar-refractivity contribution is 0.0699. The van der Waals surface area contributed by atoms with Crippen LogP contribution in [0.15, 0.2) is 90.1 Å². The molecule has 0 spiro atoms. The topological polar surface area (TPSA) is 211 Å². The molecule has 4 aromatic carbocycles. The lowest BCUT2D eigenvalue weighted by Crippen LogP contribution is -2.26. The van der Waals surface area contributed by atoms with Crippen LogP contribution >= 0.6 is 0 Å². The summed E-state index contributed by atoms with van der Waals surface area (Å²) in [4.78, 5) is 33.8. The van der Waals surface area contributed by atoms with E-state index in [4.69, 9.17) is 23.7 Å². The summed E-state index contributed by atoms with van der Waals surface area (Å²) in [6.07, 6.45) is 9.96. The number of imidazole rings is 2. The number of halogens is 4. The third kappa shape index (κ3) is 11.4. The van der Waals surface area contributed by atoms with Crippen molar-refractivity contribution < 1.29 is 59.3 Å². The minimum atomic E-state index is -3.82. The van der Waals surface area contributed by atoms with Gasteiger partial charge < -0.3 is 39.6 Å². The minimum Gasteiger partial charge on any atom is -0.494 e. The normalized spacial score (nSPS) is 14.6. The van der Waals surface area contributed by atoms with Gasteiger partial charge in [-0.15, -0.1) is 10.2 Å². The Labute approximate surface area is 445 Å². The molecule has 2 saturated carbocycles. The Morgan fingerprint density at radius 3 is 1.54 bits per heavy atom. The molecule has 1 saturated heterocycles. The number of carbonyl (C=O) groups excluding carboxylic acids is 2. The second-order valence-electron chi connectivity index (χ2n) is 19.3. The van der Waals surface area contributed by atoms with Crippen molar-refractivity contribution in [3.63, 3.8) is 0 Å². The number of benzene rings is 4. The number of aryl methyl sites for hydroxylation is 2. The van der Waals surface area contributed by atoms with Crippen LogP contribution in [0.1, 0.15) is 70.4 Å². The number of sulfone groups is 1. The van der Waals surface area contributed by atoms with E-state index >= 15 is 0 Å². The fraction of sp³-hybridized carbons (Fsp3) is 0.309. The lowest BCUT2D eigenvalue weighted by Gasteiger charge is -2.22. The summed E-state index contributed by atoms with van der Waals surface area (Å²) in [6.45, 7) is 5.80. The highest BCUT2D eigenvalue weighted by Crippen LogP contribution is 2.36. The smallest absolute Gasteiger partial charge is 0.251 e. The molecule has 2 aliphatic carbocycles. The molecule has 3 fully saturated rings. The van der Waals surface area contributed by atoms with Gasteiger partial charge in [-0.05, 0) is 118 Å². The average molecular weight is 1090 g/mol. The molecule has 18 nitrogen and oxygen atoms in total. The summed E-state index contributed by atoms with van der Waals surface area (Å²) in [5.74, 6) is -6.34. The van der Waals surface area contributed by atoms with Crippen LogP contribution in [0.25, 0.3) is 33.8 Å². The van der Waals surface area contributed by atoms with E-state index < -0.39 is 38.9 Å². The highest BCUT2D eigenvalue weighted by atomic mass is 32.2.